The van der Waals surface area contributed by atoms with E-state index in [9.17, 15) is 5.11 Å². The van der Waals surface area contributed by atoms with Crippen LogP contribution in [0.25, 0.3) is 0 Å². The van der Waals surface area contributed by atoms with E-state index in [1.807, 2.05) is 20.2 Å². The maximum atomic E-state index is 10.0. The van der Waals surface area contributed by atoms with Gasteiger partial charge in [-0.2, -0.15) is 0 Å². The number of hydrogen-bond acceptors (Lipinski definition) is 7. The number of rotatable bonds is 5. The number of nitrogens with two attached hydrogens (primary N) is 1. The Morgan fingerprint density at radius 2 is 2.19 bits per heavy atom. The third-order valence-corrected chi connectivity index (χ3v) is 4.08. The Labute approximate surface area is 125 Å². The summed E-state index contributed by atoms with van der Waals surface area (Å²) in [7, 11) is 4.09. The van der Waals surface area contributed by atoms with Gasteiger partial charge in [0.2, 0.25) is 0 Å². The number of anilines is 2. The van der Waals surface area contributed by atoms with E-state index in [1.54, 1.807) is 0 Å². The number of aliphatic hydroxyl groups excluding tert-OH is 1. The number of aliphatic hydroxyl groups is 1. The minimum absolute atomic E-state index is 0.266. The summed E-state index contributed by atoms with van der Waals surface area (Å²) in [5.74, 6) is 8.38. The third kappa shape index (κ3) is 3.25. The van der Waals surface area contributed by atoms with Gasteiger partial charge in [-0.1, -0.05) is 0 Å². The third-order valence-electron chi connectivity index (χ3n) is 4.08. The molecule has 2 aliphatic rings. The zero-order chi connectivity index (χ0) is 15.0. The maximum absolute atomic E-state index is 10.0. The lowest BCUT2D eigenvalue weighted by Crippen LogP contribution is -2.38. The Morgan fingerprint density at radius 1 is 1.43 bits per heavy atom. The molecule has 1 saturated carbocycles. The number of β-amino-alcohol motifs (C(OH)–C–C–N with tert-alkyl or cyclic N) is 1. The van der Waals surface area contributed by atoms with Crippen molar-refractivity contribution in [3.63, 3.8) is 0 Å². The Hall–Kier alpha value is -1.44. The number of aromatic nitrogens is 2. The van der Waals surface area contributed by atoms with Crippen molar-refractivity contribution in [2.75, 3.05) is 37.5 Å². The van der Waals surface area contributed by atoms with Crippen molar-refractivity contribution < 1.29 is 5.11 Å². The molecule has 1 saturated heterocycles. The summed E-state index contributed by atoms with van der Waals surface area (Å²) in [6, 6.07) is 2.13. The molecule has 3 rings (SSSR count). The minimum atomic E-state index is -0.302. The highest BCUT2D eigenvalue weighted by Crippen LogP contribution is 2.39. The second-order valence-corrected chi connectivity index (χ2v) is 6.35. The van der Waals surface area contributed by atoms with Gasteiger partial charge in [0.1, 0.15) is 17.5 Å². The largest absolute Gasteiger partial charge is 0.391 e. The van der Waals surface area contributed by atoms with E-state index >= 15 is 0 Å². The second-order valence-electron chi connectivity index (χ2n) is 6.35. The molecule has 0 bridgehead atoms. The SMILES string of the molecule is CN(C)CC1CC(O)CN1c1cc(NN)nc(C2CC2)n1. The lowest BCUT2D eigenvalue weighted by Gasteiger charge is -2.28. The molecule has 116 valence electrons. The van der Waals surface area contributed by atoms with E-state index in [0.29, 0.717) is 18.3 Å². The minimum Gasteiger partial charge on any atom is -0.391 e. The highest BCUT2D eigenvalue weighted by Gasteiger charge is 2.34. The average Bonchev–Trinajstić information content (AvgIpc) is 3.22. The standard InChI is InChI=1S/C14H24N6O/c1-19(2)7-10-5-11(21)8-20(10)13-6-12(18-15)16-14(17-13)9-3-4-9/h6,9-11,21H,3-5,7-8,15H2,1-2H3,(H,16,17,18). The number of nitrogen functional groups attached to an aromatic ring is 1. The molecular formula is C14H24N6O. The number of hydrogen-bond donors (Lipinski definition) is 3. The highest BCUT2D eigenvalue weighted by molar-refractivity contribution is 5.51. The molecule has 7 heteroatoms. The Morgan fingerprint density at radius 3 is 2.81 bits per heavy atom. The number of nitrogens with zero attached hydrogens (tertiary/aromatic N) is 4. The molecule has 2 heterocycles. The first-order chi connectivity index (χ1) is 10.1. The first kappa shape index (κ1) is 14.5. The molecule has 21 heavy (non-hydrogen) atoms. The van der Waals surface area contributed by atoms with Crippen molar-refractivity contribution in [1.29, 1.82) is 0 Å². The molecular weight excluding hydrogens is 268 g/mol. The average molecular weight is 292 g/mol. The van der Waals surface area contributed by atoms with E-state index in [1.165, 1.54) is 0 Å². The fraction of sp³-hybridized carbons (Fsp3) is 0.714. The molecule has 2 unspecified atom stereocenters. The molecule has 0 amide bonds. The van der Waals surface area contributed by atoms with Crippen molar-refractivity contribution in [2.45, 2.75) is 37.3 Å². The van der Waals surface area contributed by atoms with Crippen LogP contribution in [0.4, 0.5) is 11.6 Å². The van der Waals surface area contributed by atoms with Gasteiger partial charge in [-0.3, -0.25) is 0 Å². The summed E-state index contributed by atoms with van der Waals surface area (Å²) >= 11 is 0. The van der Waals surface area contributed by atoms with Crippen LogP contribution in [0.1, 0.15) is 31.0 Å². The molecule has 1 aromatic rings. The van der Waals surface area contributed by atoms with Gasteiger partial charge < -0.3 is 20.3 Å². The molecule has 1 aromatic heterocycles. The van der Waals surface area contributed by atoms with Crippen LogP contribution in [0, 0.1) is 0 Å². The molecule has 4 N–H and O–H groups in total. The molecule has 0 radical (unpaired) electrons. The van der Waals surface area contributed by atoms with Crippen molar-refractivity contribution in [1.82, 2.24) is 14.9 Å². The molecule has 0 aromatic carbocycles. The van der Waals surface area contributed by atoms with E-state index in [0.717, 1.165) is 37.4 Å². The quantitative estimate of drug-likeness (QED) is 0.525. The van der Waals surface area contributed by atoms with Crippen LogP contribution in [0.5, 0.6) is 0 Å². The summed E-state index contributed by atoms with van der Waals surface area (Å²) in [4.78, 5) is 13.5. The van der Waals surface area contributed by atoms with Crippen LogP contribution in [-0.2, 0) is 0 Å². The van der Waals surface area contributed by atoms with Crippen LogP contribution in [0.3, 0.4) is 0 Å². The molecule has 0 spiro atoms. The number of nitrogens with one attached hydrogen (secondary N) is 1. The monoisotopic (exact) mass is 292 g/mol. The summed E-state index contributed by atoms with van der Waals surface area (Å²) in [6.07, 6.45) is 2.77. The molecule has 7 nitrogen and oxygen atoms in total. The molecule has 2 fully saturated rings. The lowest BCUT2D eigenvalue weighted by molar-refractivity contribution is 0.191. The Bertz CT molecular complexity index is 504. The van der Waals surface area contributed by atoms with Crippen LogP contribution < -0.4 is 16.2 Å². The topological polar surface area (TPSA) is 90.5 Å². The maximum Gasteiger partial charge on any atom is 0.145 e. The van der Waals surface area contributed by atoms with Crippen molar-refractivity contribution >= 4 is 11.6 Å². The summed E-state index contributed by atoms with van der Waals surface area (Å²) in [6.45, 7) is 1.51. The second kappa shape index (κ2) is 5.75. The Kier molecular flexibility index (Phi) is 3.97. The zero-order valence-corrected chi connectivity index (χ0v) is 12.7. The summed E-state index contributed by atoms with van der Waals surface area (Å²) in [5.41, 5.74) is 2.63. The molecule has 1 aliphatic carbocycles. The van der Waals surface area contributed by atoms with Crippen LogP contribution in [0.15, 0.2) is 6.07 Å². The van der Waals surface area contributed by atoms with Gasteiger partial charge in [-0.15, -0.1) is 0 Å². The number of hydrazine groups is 1. The van der Waals surface area contributed by atoms with Crippen molar-refractivity contribution in [3.8, 4) is 0 Å². The van der Waals surface area contributed by atoms with Crippen LogP contribution >= 0.6 is 0 Å². The van der Waals surface area contributed by atoms with Gasteiger partial charge in [0, 0.05) is 31.1 Å². The first-order valence-corrected chi connectivity index (χ1v) is 7.52. The predicted octanol–water partition coefficient (Wildman–Crippen LogP) is 0.141. The summed E-state index contributed by atoms with van der Waals surface area (Å²) < 4.78 is 0. The van der Waals surface area contributed by atoms with Gasteiger partial charge in [0.05, 0.1) is 6.10 Å². The molecule has 1 aliphatic heterocycles. The lowest BCUT2D eigenvalue weighted by atomic mass is 10.2. The fourth-order valence-corrected chi connectivity index (χ4v) is 2.96. The van der Waals surface area contributed by atoms with E-state index < -0.39 is 0 Å². The first-order valence-electron chi connectivity index (χ1n) is 7.52. The van der Waals surface area contributed by atoms with Gasteiger partial charge in [0.15, 0.2) is 0 Å². The van der Waals surface area contributed by atoms with E-state index in [2.05, 4.69) is 20.2 Å². The van der Waals surface area contributed by atoms with Crippen molar-refractivity contribution in [2.24, 2.45) is 5.84 Å². The van der Waals surface area contributed by atoms with Crippen molar-refractivity contribution in [3.05, 3.63) is 11.9 Å². The Balaban J connectivity index is 1.88. The van der Waals surface area contributed by atoms with Gasteiger partial charge in [-0.05, 0) is 33.4 Å². The van der Waals surface area contributed by atoms with Gasteiger partial charge >= 0.3 is 0 Å². The van der Waals surface area contributed by atoms with Gasteiger partial charge in [0.25, 0.3) is 0 Å². The zero-order valence-electron chi connectivity index (χ0n) is 12.7. The van der Waals surface area contributed by atoms with Crippen LogP contribution in [-0.4, -0.2) is 59.3 Å². The smallest absolute Gasteiger partial charge is 0.145 e. The number of likely N-dealkylation sites (N-methyl/N-ethyl adjacent to an activating group) is 1. The van der Waals surface area contributed by atoms with Gasteiger partial charge in [-0.25, -0.2) is 15.8 Å². The molecule has 2 atom stereocenters. The van der Waals surface area contributed by atoms with E-state index in [-0.39, 0.29) is 12.1 Å². The normalized spacial score (nSPS) is 25.7. The van der Waals surface area contributed by atoms with E-state index in [4.69, 9.17) is 10.8 Å². The van der Waals surface area contributed by atoms with Crippen LogP contribution in [0.2, 0.25) is 0 Å². The highest BCUT2D eigenvalue weighted by atomic mass is 16.3. The predicted molar refractivity (Wildman–Crippen MR) is 82.1 cm³/mol. The fourth-order valence-electron chi connectivity index (χ4n) is 2.96. The summed E-state index contributed by atoms with van der Waals surface area (Å²) in [5, 5.41) is 10.0.